The van der Waals surface area contributed by atoms with Crippen molar-refractivity contribution in [1.29, 1.82) is 0 Å². The Balaban J connectivity index is 1.89. The zero-order chi connectivity index (χ0) is 5.40. The second kappa shape index (κ2) is 1.92. The fraction of sp³-hybridized carbons (Fsp3) is 1.00. The summed E-state index contributed by atoms with van der Waals surface area (Å²) in [5, 5.41) is 3.50. The molecule has 8 heavy (non-hydrogen) atoms. The molecular weight excluding hydrogens is 118 g/mol. The van der Waals surface area contributed by atoms with Gasteiger partial charge in [0, 0.05) is 18.3 Å². The molecular formula is C6H11NS. The Bertz CT molecular complexity index is 84.5. The number of hydrogen-bond acceptors (Lipinski definition) is 2. The molecule has 0 bridgehead atoms. The fourth-order valence-corrected chi connectivity index (χ4v) is 2.33. The molecule has 2 aliphatic rings. The monoisotopic (exact) mass is 129 g/mol. The summed E-state index contributed by atoms with van der Waals surface area (Å²) in [7, 11) is 0. The van der Waals surface area contributed by atoms with Crippen LogP contribution in [0.15, 0.2) is 0 Å². The van der Waals surface area contributed by atoms with Gasteiger partial charge >= 0.3 is 0 Å². The molecule has 1 aliphatic heterocycles. The molecule has 2 heteroatoms. The summed E-state index contributed by atoms with van der Waals surface area (Å²) in [5.41, 5.74) is 0. The van der Waals surface area contributed by atoms with E-state index < -0.39 is 0 Å². The van der Waals surface area contributed by atoms with Crippen LogP contribution in [0.1, 0.15) is 6.42 Å². The molecule has 2 atom stereocenters. The van der Waals surface area contributed by atoms with Crippen molar-refractivity contribution in [3.63, 3.8) is 0 Å². The van der Waals surface area contributed by atoms with Crippen molar-refractivity contribution in [1.82, 2.24) is 5.32 Å². The molecule has 0 aromatic carbocycles. The van der Waals surface area contributed by atoms with E-state index >= 15 is 0 Å². The predicted octanol–water partition coefficient (Wildman–Crippen LogP) is 0.711. The predicted molar refractivity (Wildman–Crippen MR) is 37.2 cm³/mol. The minimum Gasteiger partial charge on any atom is -0.313 e. The van der Waals surface area contributed by atoms with Gasteiger partial charge in [0.2, 0.25) is 0 Å². The molecule has 1 nitrogen and oxygen atoms in total. The second-order valence-electron chi connectivity index (χ2n) is 2.63. The summed E-state index contributed by atoms with van der Waals surface area (Å²) >= 11 is 2.10. The van der Waals surface area contributed by atoms with Crippen LogP contribution in [0.3, 0.4) is 0 Å². The molecule has 1 N–H and O–H groups in total. The first-order valence-electron chi connectivity index (χ1n) is 3.28. The number of nitrogens with one attached hydrogen (secondary N) is 1. The summed E-state index contributed by atoms with van der Waals surface area (Å²) in [4.78, 5) is 0. The number of fused-ring (bicyclic) bond motifs is 1. The first-order chi connectivity index (χ1) is 3.97. The third-order valence-electron chi connectivity index (χ3n) is 1.91. The van der Waals surface area contributed by atoms with Crippen LogP contribution in [0.25, 0.3) is 0 Å². The summed E-state index contributed by atoms with van der Waals surface area (Å²) < 4.78 is 0. The molecule has 0 aromatic heterocycles. The van der Waals surface area contributed by atoms with E-state index in [0.717, 1.165) is 12.0 Å². The maximum Gasteiger partial charge on any atom is 0.0108 e. The third-order valence-corrected chi connectivity index (χ3v) is 3.06. The van der Waals surface area contributed by atoms with Crippen molar-refractivity contribution < 1.29 is 0 Å². The highest BCUT2D eigenvalue weighted by molar-refractivity contribution is 7.99. The summed E-state index contributed by atoms with van der Waals surface area (Å²) in [5.74, 6) is 3.78. The lowest BCUT2D eigenvalue weighted by Gasteiger charge is -1.94. The average molecular weight is 129 g/mol. The van der Waals surface area contributed by atoms with Crippen LogP contribution in [0.5, 0.6) is 0 Å². The number of rotatable bonds is 0. The molecule has 46 valence electrons. The van der Waals surface area contributed by atoms with Crippen molar-refractivity contribution in [3.8, 4) is 0 Å². The van der Waals surface area contributed by atoms with Crippen LogP contribution in [0, 0.1) is 5.92 Å². The van der Waals surface area contributed by atoms with Crippen LogP contribution in [-0.2, 0) is 0 Å². The second-order valence-corrected chi connectivity index (χ2v) is 3.78. The van der Waals surface area contributed by atoms with Crippen LogP contribution in [0.4, 0.5) is 0 Å². The Morgan fingerprint density at radius 1 is 1.50 bits per heavy atom. The molecule has 0 aromatic rings. The smallest absolute Gasteiger partial charge is 0.0108 e. The maximum atomic E-state index is 3.50. The fourth-order valence-electron chi connectivity index (χ4n) is 1.23. The Morgan fingerprint density at radius 3 is 3.50 bits per heavy atom. The van der Waals surface area contributed by atoms with Gasteiger partial charge in [0.05, 0.1) is 0 Å². The zero-order valence-electron chi connectivity index (χ0n) is 4.89. The van der Waals surface area contributed by atoms with Gasteiger partial charge in [-0.3, -0.25) is 0 Å². The van der Waals surface area contributed by atoms with E-state index in [9.17, 15) is 0 Å². The van der Waals surface area contributed by atoms with Gasteiger partial charge in [0.1, 0.15) is 0 Å². The van der Waals surface area contributed by atoms with Gasteiger partial charge in [-0.25, -0.2) is 0 Å². The molecule has 1 saturated heterocycles. The van der Waals surface area contributed by atoms with Crippen LogP contribution in [0.2, 0.25) is 0 Å². The minimum absolute atomic E-state index is 0.921. The van der Waals surface area contributed by atoms with Crippen molar-refractivity contribution >= 4 is 11.8 Å². The Labute approximate surface area is 54.2 Å². The topological polar surface area (TPSA) is 12.0 Å². The summed E-state index contributed by atoms with van der Waals surface area (Å²) in [6, 6.07) is 0.921. The van der Waals surface area contributed by atoms with E-state index in [0.29, 0.717) is 0 Å². The largest absolute Gasteiger partial charge is 0.313 e. The molecule has 0 radical (unpaired) electrons. The summed E-state index contributed by atoms with van der Waals surface area (Å²) in [6.45, 7) is 1.24. The van der Waals surface area contributed by atoms with Gasteiger partial charge in [-0.2, -0.15) is 11.8 Å². The average Bonchev–Trinajstić information content (AvgIpc) is 2.36. The molecule has 2 rings (SSSR count). The Morgan fingerprint density at radius 2 is 2.50 bits per heavy atom. The Hall–Kier alpha value is 0.310. The van der Waals surface area contributed by atoms with Crippen LogP contribution < -0.4 is 5.32 Å². The van der Waals surface area contributed by atoms with Crippen molar-refractivity contribution in [2.24, 2.45) is 5.92 Å². The van der Waals surface area contributed by atoms with E-state index in [1.165, 1.54) is 24.5 Å². The van der Waals surface area contributed by atoms with Crippen molar-refractivity contribution in [3.05, 3.63) is 0 Å². The first-order valence-corrected chi connectivity index (χ1v) is 4.43. The highest BCUT2D eigenvalue weighted by Gasteiger charge is 2.37. The van der Waals surface area contributed by atoms with E-state index in [4.69, 9.17) is 0 Å². The molecule has 2 unspecified atom stereocenters. The molecule has 1 heterocycles. The lowest BCUT2D eigenvalue weighted by molar-refractivity contribution is 0.698. The van der Waals surface area contributed by atoms with Crippen LogP contribution in [-0.4, -0.2) is 24.1 Å². The molecule has 2 fully saturated rings. The lowest BCUT2D eigenvalue weighted by Crippen LogP contribution is -2.18. The van der Waals surface area contributed by atoms with Gasteiger partial charge in [0.15, 0.2) is 0 Å². The molecule has 1 saturated carbocycles. The normalized spacial score (nSPS) is 45.0. The first kappa shape index (κ1) is 5.12. The zero-order valence-corrected chi connectivity index (χ0v) is 5.71. The number of hydrogen-bond donors (Lipinski definition) is 1. The van der Waals surface area contributed by atoms with Crippen molar-refractivity contribution in [2.45, 2.75) is 12.5 Å². The van der Waals surface area contributed by atoms with Crippen molar-refractivity contribution in [2.75, 3.05) is 18.1 Å². The molecule has 0 spiro atoms. The van der Waals surface area contributed by atoms with Gasteiger partial charge in [0.25, 0.3) is 0 Å². The SMILES string of the molecule is C1CSCC2CC2N1. The molecule has 0 amide bonds. The molecule has 1 aliphatic carbocycles. The minimum atomic E-state index is 0.921. The standard InChI is InChI=1S/C6H11NS/c1-2-8-4-5-3-6(5)7-1/h5-7H,1-4H2. The van der Waals surface area contributed by atoms with Gasteiger partial charge in [-0.1, -0.05) is 0 Å². The van der Waals surface area contributed by atoms with E-state index in [-0.39, 0.29) is 0 Å². The van der Waals surface area contributed by atoms with Gasteiger partial charge < -0.3 is 5.32 Å². The number of thioether (sulfide) groups is 1. The summed E-state index contributed by atoms with van der Waals surface area (Å²) in [6.07, 6.45) is 1.45. The van der Waals surface area contributed by atoms with E-state index in [1.54, 1.807) is 0 Å². The lowest BCUT2D eigenvalue weighted by atomic mass is 10.5. The quantitative estimate of drug-likeness (QED) is 0.517. The third kappa shape index (κ3) is 0.869. The van der Waals surface area contributed by atoms with Crippen LogP contribution >= 0.6 is 11.8 Å². The maximum absolute atomic E-state index is 3.50. The van der Waals surface area contributed by atoms with Gasteiger partial charge in [-0.05, 0) is 18.1 Å². The highest BCUT2D eigenvalue weighted by atomic mass is 32.2. The Kier molecular flexibility index (Phi) is 1.23. The van der Waals surface area contributed by atoms with E-state index in [1.807, 2.05) is 0 Å². The highest BCUT2D eigenvalue weighted by Crippen LogP contribution is 2.34. The van der Waals surface area contributed by atoms with Gasteiger partial charge in [-0.15, -0.1) is 0 Å². The van der Waals surface area contributed by atoms with E-state index in [2.05, 4.69) is 17.1 Å².